The minimum absolute atomic E-state index is 0.595. The molecule has 1 heteroatoms. The van der Waals surface area contributed by atoms with Crippen molar-refractivity contribution in [1.82, 2.24) is 4.98 Å². The van der Waals surface area contributed by atoms with Crippen LogP contribution in [-0.2, 0) is 0 Å². The molecule has 0 radical (unpaired) electrons. The Morgan fingerprint density at radius 1 is 1.20 bits per heavy atom. The molecule has 0 aliphatic carbocycles. The van der Waals surface area contributed by atoms with Gasteiger partial charge in [-0.2, -0.15) is 0 Å². The van der Waals surface area contributed by atoms with Crippen LogP contribution in [0.4, 0.5) is 0 Å². The van der Waals surface area contributed by atoms with E-state index in [-0.39, 0.29) is 0 Å². The molecule has 0 spiro atoms. The topological polar surface area (TPSA) is 15.8 Å². The van der Waals surface area contributed by atoms with Gasteiger partial charge in [-0.15, -0.1) is 0 Å². The highest BCUT2D eigenvalue weighted by atomic mass is 14.7. The number of H-pyrrole nitrogens is 1. The lowest BCUT2D eigenvalue weighted by Crippen LogP contribution is -1.79. The van der Waals surface area contributed by atoms with Crippen molar-refractivity contribution >= 4 is 17.0 Å². The maximum absolute atomic E-state index is 3.40. The van der Waals surface area contributed by atoms with E-state index in [4.69, 9.17) is 0 Å². The van der Waals surface area contributed by atoms with Crippen LogP contribution in [0.1, 0.15) is 25.1 Å². The lowest BCUT2D eigenvalue weighted by molar-refractivity contribution is 0.836. The van der Waals surface area contributed by atoms with Crippen molar-refractivity contribution in [2.24, 2.45) is 5.92 Å². The molecule has 2 aromatic rings. The van der Waals surface area contributed by atoms with Crippen LogP contribution in [0.15, 0.2) is 30.3 Å². The number of allylic oxidation sites excluding steroid dienone is 1. The SMILES string of the molecule is Cc1[nH]c2ccccc2c1/C=C/C(C)C. The summed E-state index contributed by atoms with van der Waals surface area (Å²) in [5.74, 6) is 0.595. The summed E-state index contributed by atoms with van der Waals surface area (Å²) in [6.45, 7) is 6.52. The first-order valence-corrected chi connectivity index (χ1v) is 5.44. The second-order valence-corrected chi connectivity index (χ2v) is 4.31. The molecule has 1 nitrogen and oxygen atoms in total. The third-order valence-electron chi connectivity index (χ3n) is 2.59. The minimum atomic E-state index is 0.595. The number of aryl methyl sites for hydroxylation is 1. The number of hydrogen-bond donors (Lipinski definition) is 1. The lowest BCUT2D eigenvalue weighted by Gasteiger charge is -1.95. The number of hydrogen-bond acceptors (Lipinski definition) is 0. The number of nitrogens with one attached hydrogen (secondary N) is 1. The molecule has 15 heavy (non-hydrogen) atoms. The molecule has 0 saturated heterocycles. The molecule has 1 aromatic carbocycles. The first-order valence-electron chi connectivity index (χ1n) is 5.44. The van der Waals surface area contributed by atoms with Crippen molar-refractivity contribution < 1.29 is 0 Å². The summed E-state index contributed by atoms with van der Waals surface area (Å²) in [6, 6.07) is 8.43. The fourth-order valence-corrected chi connectivity index (χ4v) is 1.80. The number of aromatic nitrogens is 1. The van der Waals surface area contributed by atoms with E-state index in [1.807, 2.05) is 0 Å². The van der Waals surface area contributed by atoms with Crippen LogP contribution >= 0.6 is 0 Å². The van der Waals surface area contributed by atoms with Gasteiger partial charge >= 0.3 is 0 Å². The number of benzene rings is 1. The van der Waals surface area contributed by atoms with E-state index in [1.165, 1.54) is 22.2 Å². The largest absolute Gasteiger partial charge is 0.358 e. The second-order valence-electron chi connectivity index (χ2n) is 4.31. The Morgan fingerprint density at radius 2 is 1.93 bits per heavy atom. The van der Waals surface area contributed by atoms with Gasteiger partial charge in [0, 0.05) is 22.2 Å². The van der Waals surface area contributed by atoms with Crippen LogP contribution in [0.5, 0.6) is 0 Å². The summed E-state index contributed by atoms with van der Waals surface area (Å²) in [4.78, 5) is 3.40. The third kappa shape index (κ3) is 1.96. The molecule has 1 N–H and O–H groups in total. The minimum Gasteiger partial charge on any atom is -0.358 e. The van der Waals surface area contributed by atoms with E-state index < -0.39 is 0 Å². The Kier molecular flexibility index (Phi) is 2.63. The molecule has 1 heterocycles. The first kappa shape index (κ1) is 10.0. The van der Waals surface area contributed by atoms with Crippen molar-refractivity contribution in [3.8, 4) is 0 Å². The van der Waals surface area contributed by atoms with Crippen molar-refractivity contribution in [2.75, 3.05) is 0 Å². The van der Waals surface area contributed by atoms with Gasteiger partial charge in [0.15, 0.2) is 0 Å². The monoisotopic (exact) mass is 199 g/mol. The predicted octanol–water partition coefficient (Wildman–Crippen LogP) is 4.15. The van der Waals surface area contributed by atoms with Gasteiger partial charge in [-0.1, -0.05) is 44.2 Å². The highest BCUT2D eigenvalue weighted by Crippen LogP contribution is 2.23. The van der Waals surface area contributed by atoms with Crippen LogP contribution in [0.2, 0.25) is 0 Å². The zero-order valence-electron chi connectivity index (χ0n) is 9.54. The Labute approximate surface area is 90.8 Å². The van der Waals surface area contributed by atoms with Gasteiger partial charge in [0.25, 0.3) is 0 Å². The number of fused-ring (bicyclic) bond motifs is 1. The molecule has 0 unspecified atom stereocenters. The summed E-state index contributed by atoms with van der Waals surface area (Å²) in [5, 5.41) is 1.31. The third-order valence-corrected chi connectivity index (χ3v) is 2.59. The van der Waals surface area contributed by atoms with Crippen molar-refractivity contribution in [3.05, 3.63) is 41.6 Å². The Hall–Kier alpha value is -1.50. The van der Waals surface area contributed by atoms with Gasteiger partial charge in [0.05, 0.1) is 0 Å². The highest BCUT2D eigenvalue weighted by molar-refractivity contribution is 5.90. The van der Waals surface area contributed by atoms with Crippen LogP contribution in [0.25, 0.3) is 17.0 Å². The standard InChI is InChI=1S/C14H17N/c1-10(2)8-9-12-11(3)15-14-7-5-4-6-13(12)14/h4-10,15H,1-3H3/b9-8+. The van der Waals surface area contributed by atoms with Crippen LogP contribution in [0.3, 0.4) is 0 Å². The van der Waals surface area contributed by atoms with Gasteiger partial charge < -0.3 is 4.98 Å². The molecule has 0 amide bonds. The van der Waals surface area contributed by atoms with Gasteiger partial charge in [0.1, 0.15) is 0 Å². The van der Waals surface area contributed by atoms with Crippen molar-refractivity contribution in [2.45, 2.75) is 20.8 Å². The van der Waals surface area contributed by atoms with Crippen LogP contribution in [-0.4, -0.2) is 4.98 Å². The summed E-state index contributed by atoms with van der Waals surface area (Å²) >= 11 is 0. The second kappa shape index (κ2) is 3.93. The van der Waals surface area contributed by atoms with E-state index in [1.54, 1.807) is 0 Å². The number of para-hydroxylation sites is 1. The van der Waals surface area contributed by atoms with Crippen LogP contribution in [0, 0.1) is 12.8 Å². The molecule has 0 bridgehead atoms. The smallest absolute Gasteiger partial charge is 0.0462 e. The summed E-state index contributed by atoms with van der Waals surface area (Å²) in [5.41, 5.74) is 3.78. The molecular weight excluding hydrogens is 182 g/mol. The first-order chi connectivity index (χ1) is 7.18. The van der Waals surface area contributed by atoms with Crippen molar-refractivity contribution in [3.63, 3.8) is 0 Å². The molecule has 2 rings (SSSR count). The van der Waals surface area contributed by atoms with Crippen LogP contribution < -0.4 is 0 Å². The molecule has 0 aliphatic heterocycles. The fraction of sp³-hybridized carbons (Fsp3) is 0.286. The molecule has 0 saturated carbocycles. The molecule has 0 atom stereocenters. The average Bonchev–Trinajstić information content (AvgIpc) is 2.50. The van der Waals surface area contributed by atoms with Crippen molar-refractivity contribution in [1.29, 1.82) is 0 Å². The molecule has 1 aromatic heterocycles. The van der Waals surface area contributed by atoms with E-state index in [0.29, 0.717) is 5.92 Å². The Balaban J connectivity index is 2.54. The maximum atomic E-state index is 3.40. The molecule has 78 valence electrons. The highest BCUT2D eigenvalue weighted by Gasteiger charge is 2.03. The Morgan fingerprint density at radius 3 is 2.67 bits per heavy atom. The Bertz CT molecular complexity index is 489. The predicted molar refractivity (Wildman–Crippen MR) is 66.9 cm³/mol. The summed E-state index contributed by atoms with van der Waals surface area (Å²) in [6.07, 6.45) is 4.46. The maximum Gasteiger partial charge on any atom is 0.0462 e. The molecule has 0 fully saturated rings. The van der Waals surface area contributed by atoms with Gasteiger partial charge in [0.2, 0.25) is 0 Å². The quantitative estimate of drug-likeness (QED) is 0.748. The van der Waals surface area contributed by atoms with Gasteiger partial charge in [-0.05, 0) is 18.9 Å². The van der Waals surface area contributed by atoms with E-state index in [2.05, 4.69) is 62.2 Å². The normalized spacial score (nSPS) is 12.0. The van der Waals surface area contributed by atoms with E-state index >= 15 is 0 Å². The fourth-order valence-electron chi connectivity index (χ4n) is 1.80. The average molecular weight is 199 g/mol. The number of aromatic amines is 1. The zero-order valence-corrected chi connectivity index (χ0v) is 9.54. The summed E-state index contributed by atoms with van der Waals surface area (Å²) in [7, 11) is 0. The molecular formula is C14H17N. The number of rotatable bonds is 2. The van der Waals surface area contributed by atoms with E-state index in [0.717, 1.165) is 0 Å². The van der Waals surface area contributed by atoms with Gasteiger partial charge in [-0.25, -0.2) is 0 Å². The van der Waals surface area contributed by atoms with E-state index in [9.17, 15) is 0 Å². The van der Waals surface area contributed by atoms with Gasteiger partial charge in [-0.3, -0.25) is 0 Å². The summed E-state index contributed by atoms with van der Waals surface area (Å²) < 4.78 is 0. The molecule has 0 aliphatic rings. The zero-order chi connectivity index (χ0) is 10.8. The lowest BCUT2D eigenvalue weighted by atomic mass is 10.1.